The summed E-state index contributed by atoms with van der Waals surface area (Å²) in [4.78, 5) is 2.59. The minimum absolute atomic E-state index is 0.476. The molecule has 1 aliphatic heterocycles. The zero-order chi connectivity index (χ0) is 12.7. The molecule has 0 aromatic rings. The summed E-state index contributed by atoms with van der Waals surface area (Å²) in [5.74, 6) is 0. The third kappa shape index (κ3) is 2.39. The molecule has 1 heterocycles. The van der Waals surface area contributed by atoms with Gasteiger partial charge in [-0.05, 0) is 49.7 Å². The van der Waals surface area contributed by atoms with Crippen molar-refractivity contribution < 1.29 is 0 Å². The van der Waals surface area contributed by atoms with Gasteiger partial charge in [-0.2, -0.15) is 0 Å². The maximum atomic E-state index is 3.93. The van der Waals surface area contributed by atoms with Crippen LogP contribution in [0, 0.1) is 10.8 Å². The van der Waals surface area contributed by atoms with E-state index in [1.54, 1.807) is 0 Å². The number of rotatable bonds is 3. The summed E-state index contributed by atoms with van der Waals surface area (Å²) in [6.45, 7) is 15.7. The van der Waals surface area contributed by atoms with E-state index in [1.165, 1.54) is 38.9 Å². The highest BCUT2D eigenvalue weighted by atomic mass is 15.1. The summed E-state index contributed by atoms with van der Waals surface area (Å²) in [6, 6.07) is 1.46. The molecule has 0 aromatic carbocycles. The quantitative estimate of drug-likeness (QED) is 0.813. The third-order valence-electron chi connectivity index (χ3n) is 5.69. The highest BCUT2D eigenvalue weighted by molar-refractivity contribution is 5.18. The molecule has 0 aromatic heterocycles. The molecule has 2 rings (SSSR count). The highest BCUT2D eigenvalue weighted by Gasteiger charge is 2.64. The van der Waals surface area contributed by atoms with Gasteiger partial charge in [-0.15, -0.1) is 0 Å². The van der Waals surface area contributed by atoms with Crippen LogP contribution < -0.4 is 5.32 Å². The molecule has 17 heavy (non-hydrogen) atoms. The molecule has 2 aliphatic rings. The van der Waals surface area contributed by atoms with Crippen molar-refractivity contribution in [1.82, 2.24) is 10.2 Å². The molecule has 1 saturated heterocycles. The van der Waals surface area contributed by atoms with E-state index in [0.717, 1.165) is 6.04 Å². The smallest absolute Gasteiger partial charge is 0.0183 e. The first-order chi connectivity index (χ1) is 7.89. The molecule has 2 fully saturated rings. The first kappa shape index (κ1) is 13.4. The van der Waals surface area contributed by atoms with Crippen LogP contribution in [0.2, 0.25) is 0 Å². The highest BCUT2D eigenvalue weighted by Crippen LogP contribution is 2.62. The number of likely N-dealkylation sites (tertiary alicyclic amines) is 1. The average Bonchev–Trinajstić information content (AvgIpc) is 2.77. The zero-order valence-electron chi connectivity index (χ0n) is 12.3. The van der Waals surface area contributed by atoms with E-state index in [4.69, 9.17) is 0 Å². The molecule has 1 atom stereocenters. The second-order valence-corrected chi connectivity index (χ2v) is 7.11. The summed E-state index contributed by atoms with van der Waals surface area (Å²) < 4.78 is 0. The monoisotopic (exact) mass is 238 g/mol. The number of hydrogen-bond acceptors (Lipinski definition) is 2. The lowest BCUT2D eigenvalue weighted by Gasteiger charge is -2.19. The molecule has 100 valence electrons. The summed E-state index contributed by atoms with van der Waals surface area (Å²) in [5.41, 5.74) is 0.952. The Morgan fingerprint density at radius 2 is 1.71 bits per heavy atom. The molecule has 0 spiro atoms. The van der Waals surface area contributed by atoms with Crippen LogP contribution in [0.3, 0.4) is 0 Å². The van der Waals surface area contributed by atoms with Crippen molar-refractivity contribution in [3.8, 4) is 0 Å². The molecule has 1 saturated carbocycles. The first-order valence-corrected chi connectivity index (χ1v) is 7.38. The fourth-order valence-corrected chi connectivity index (χ4v) is 3.49. The van der Waals surface area contributed by atoms with E-state index in [0.29, 0.717) is 16.9 Å². The summed E-state index contributed by atoms with van der Waals surface area (Å²) >= 11 is 0. The normalized spacial score (nSPS) is 33.4. The van der Waals surface area contributed by atoms with Crippen LogP contribution >= 0.6 is 0 Å². The van der Waals surface area contributed by atoms with Crippen molar-refractivity contribution in [3.63, 3.8) is 0 Å². The van der Waals surface area contributed by atoms with Crippen LogP contribution in [0.25, 0.3) is 0 Å². The zero-order valence-corrected chi connectivity index (χ0v) is 12.3. The predicted molar refractivity (Wildman–Crippen MR) is 74.2 cm³/mol. The molecule has 0 radical (unpaired) electrons. The van der Waals surface area contributed by atoms with E-state index in [-0.39, 0.29) is 0 Å². The minimum atomic E-state index is 0.476. The second kappa shape index (κ2) is 4.55. The predicted octanol–water partition coefficient (Wildman–Crippen LogP) is 2.89. The lowest BCUT2D eigenvalue weighted by Crippen LogP contribution is -2.35. The van der Waals surface area contributed by atoms with Crippen LogP contribution in [0.1, 0.15) is 53.9 Å². The Kier molecular flexibility index (Phi) is 3.57. The van der Waals surface area contributed by atoms with Crippen LogP contribution in [0.5, 0.6) is 0 Å². The Morgan fingerprint density at radius 1 is 1.06 bits per heavy atom. The van der Waals surface area contributed by atoms with Crippen LogP contribution in [0.4, 0.5) is 0 Å². The van der Waals surface area contributed by atoms with Gasteiger partial charge >= 0.3 is 0 Å². The molecule has 2 nitrogen and oxygen atoms in total. The molecule has 0 bridgehead atoms. The van der Waals surface area contributed by atoms with E-state index in [1.807, 2.05) is 0 Å². The van der Waals surface area contributed by atoms with Crippen LogP contribution in [0.15, 0.2) is 0 Å². The molecular weight excluding hydrogens is 208 g/mol. The van der Waals surface area contributed by atoms with Gasteiger partial charge in [0.2, 0.25) is 0 Å². The Bertz CT molecular complexity index is 256. The van der Waals surface area contributed by atoms with Gasteiger partial charge in [0.25, 0.3) is 0 Å². The summed E-state index contributed by atoms with van der Waals surface area (Å²) in [5, 5.41) is 3.93. The van der Waals surface area contributed by atoms with Gasteiger partial charge < -0.3 is 10.2 Å². The SMILES string of the molecule is CCN1CCCC(NC2C(C)(C)C2(C)C)CC1. The van der Waals surface area contributed by atoms with E-state index >= 15 is 0 Å². The summed E-state index contributed by atoms with van der Waals surface area (Å²) in [7, 11) is 0. The van der Waals surface area contributed by atoms with Gasteiger partial charge in [-0.25, -0.2) is 0 Å². The first-order valence-electron chi connectivity index (χ1n) is 7.38. The van der Waals surface area contributed by atoms with Crippen LogP contribution in [-0.4, -0.2) is 36.6 Å². The van der Waals surface area contributed by atoms with Gasteiger partial charge in [0.05, 0.1) is 0 Å². The van der Waals surface area contributed by atoms with Gasteiger partial charge in [0.1, 0.15) is 0 Å². The maximum absolute atomic E-state index is 3.93. The van der Waals surface area contributed by atoms with Gasteiger partial charge in [0, 0.05) is 12.1 Å². The van der Waals surface area contributed by atoms with Crippen molar-refractivity contribution in [3.05, 3.63) is 0 Å². The molecular formula is C15H30N2. The van der Waals surface area contributed by atoms with Crippen molar-refractivity contribution in [1.29, 1.82) is 0 Å². The lowest BCUT2D eigenvalue weighted by molar-refractivity contribution is 0.296. The Hall–Kier alpha value is -0.0800. The van der Waals surface area contributed by atoms with Crippen molar-refractivity contribution >= 4 is 0 Å². The molecule has 0 amide bonds. The van der Waals surface area contributed by atoms with E-state index in [9.17, 15) is 0 Å². The standard InChI is InChI=1S/C15H30N2/c1-6-17-10-7-8-12(9-11-17)16-13-14(2,3)15(13,4)5/h12-13,16H,6-11H2,1-5H3. The maximum Gasteiger partial charge on any atom is 0.0183 e. The molecule has 1 aliphatic carbocycles. The molecule has 1 N–H and O–H groups in total. The Labute approximate surface area is 107 Å². The van der Waals surface area contributed by atoms with Crippen molar-refractivity contribution in [2.45, 2.75) is 66.0 Å². The van der Waals surface area contributed by atoms with Gasteiger partial charge in [0.15, 0.2) is 0 Å². The molecule has 2 heteroatoms. The van der Waals surface area contributed by atoms with E-state index in [2.05, 4.69) is 44.8 Å². The molecule has 1 unspecified atom stereocenters. The topological polar surface area (TPSA) is 15.3 Å². The number of nitrogens with one attached hydrogen (secondary N) is 1. The Balaban J connectivity index is 1.85. The second-order valence-electron chi connectivity index (χ2n) is 7.11. The fourth-order valence-electron chi connectivity index (χ4n) is 3.49. The van der Waals surface area contributed by atoms with Crippen LogP contribution in [-0.2, 0) is 0 Å². The summed E-state index contributed by atoms with van der Waals surface area (Å²) in [6.07, 6.45) is 4.05. The number of nitrogens with zero attached hydrogens (tertiary/aromatic N) is 1. The third-order valence-corrected chi connectivity index (χ3v) is 5.69. The Morgan fingerprint density at radius 3 is 2.24 bits per heavy atom. The fraction of sp³-hybridized carbons (Fsp3) is 1.00. The van der Waals surface area contributed by atoms with Crippen molar-refractivity contribution in [2.24, 2.45) is 10.8 Å². The van der Waals surface area contributed by atoms with Gasteiger partial charge in [-0.1, -0.05) is 34.6 Å². The van der Waals surface area contributed by atoms with E-state index < -0.39 is 0 Å². The number of hydrogen-bond donors (Lipinski definition) is 1. The average molecular weight is 238 g/mol. The van der Waals surface area contributed by atoms with Crippen molar-refractivity contribution in [2.75, 3.05) is 19.6 Å². The largest absolute Gasteiger partial charge is 0.310 e. The minimum Gasteiger partial charge on any atom is -0.310 e. The van der Waals surface area contributed by atoms with Gasteiger partial charge in [-0.3, -0.25) is 0 Å². The lowest BCUT2D eigenvalue weighted by atomic mass is 10.0.